The molecule has 0 aromatic rings. The Balaban J connectivity index is 3.87. The Bertz CT molecular complexity index is 181. The normalized spacial score (nSPS) is 13.6. The van der Waals surface area contributed by atoms with E-state index >= 15 is 0 Å². The number of nitriles is 1. The van der Waals surface area contributed by atoms with Crippen LogP contribution in [-0.4, -0.2) is 37.1 Å². The monoisotopic (exact) mass is 197 g/mol. The minimum Gasteiger partial charge on any atom is -0.303 e. The van der Waals surface area contributed by atoms with Crippen molar-refractivity contribution in [2.45, 2.75) is 39.8 Å². The van der Waals surface area contributed by atoms with Crippen molar-refractivity contribution in [3.63, 3.8) is 0 Å². The summed E-state index contributed by atoms with van der Waals surface area (Å²) in [5.74, 6) is 0.651. The van der Waals surface area contributed by atoms with Crippen LogP contribution in [0.5, 0.6) is 0 Å². The number of nitrogens with one attached hydrogen (secondary N) is 1. The Morgan fingerprint density at radius 3 is 2.14 bits per heavy atom. The highest BCUT2D eigenvalue weighted by Crippen LogP contribution is 1.97. The summed E-state index contributed by atoms with van der Waals surface area (Å²) in [4.78, 5) is 2.20. The van der Waals surface area contributed by atoms with Crippen molar-refractivity contribution in [1.82, 2.24) is 10.2 Å². The number of nitrogens with zero attached hydrogens (tertiary/aromatic N) is 2. The minimum atomic E-state index is -0.0567. The van der Waals surface area contributed by atoms with Crippen LogP contribution in [0, 0.1) is 17.2 Å². The molecule has 1 unspecified atom stereocenters. The number of hydrogen-bond acceptors (Lipinski definition) is 3. The van der Waals surface area contributed by atoms with Crippen LogP contribution in [0.2, 0.25) is 0 Å². The molecule has 0 rings (SSSR count). The summed E-state index contributed by atoms with van der Waals surface area (Å²) < 4.78 is 0. The lowest BCUT2D eigenvalue weighted by Crippen LogP contribution is -2.42. The predicted octanol–water partition coefficient (Wildman–Crippen LogP) is 1.46. The maximum Gasteiger partial charge on any atom is 0.108 e. The van der Waals surface area contributed by atoms with Gasteiger partial charge in [-0.2, -0.15) is 5.26 Å². The van der Waals surface area contributed by atoms with E-state index in [0.29, 0.717) is 12.0 Å². The molecule has 1 atom stereocenters. The minimum absolute atomic E-state index is 0.0567. The van der Waals surface area contributed by atoms with Crippen molar-refractivity contribution < 1.29 is 0 Å². The average molecular weight is 197 g/mol. The molecular formula is C11H23N3. The van der Waals surface area contributed by atoms with E-state index in [0.717, 1.165) is 13.1 Å². The van der Waals surface area contributed by atoms with Crippen LogP contribution in [-0.2, 0) is 0 Å². The summed E-state index contributed by atoms with van der Waals surface area (Å²) in [5, 5.41) is 12.1. The maximum atomic E-state index is 8.92. The predicted molar refractivity (Wildman–Crippen MR) is 60.0 cm³/mol. The second kappa shape index (κ2) is 6.80. The molecule has 0 bridgehead atoms. The molecule has 1 N–H and O–H groups in total. The largest absolute Gasteiger partial charge is 0.303 e. The van der Waals surface area contributed by atoms with E-state index < -0.39 is 0 Å². The fraction of sp³-hybridized carbons (Fsp3) is 0.909. The van der Waals surface area contributed by atoms with E-state index in [2.05, 4.69) is 51.0 Å². The fourth-order valence-corrected chi connectivity index (χ4v) is 1.54. The molecule has 0 aliphatic heterocycles. The number of hydrogen-bond donors (Lipinski definition) is 1. The summed E-state index contributed by atoms with van der Waals surface area (Å²) in [7, 11) is 2.06. The highest BCUT2D eigenvalue weighted by molar-refractivity contribution is 4.92. The Kier molecular flexibility index (Phi) is 6.52. The van der Waals surface area contributed by atoms with Crippen molar-refractivity contribution in [2.75, 3.05) is 20.1 Å². The second-order valence-electron chi connectivity index (χ2n) is 4.62. The first-order valence-corrected chi connectivity index (χ1v) is 5.30. The molecule has 0 heterocycles. The summed E-state index contributed by atoms with van der Waals surface area (Å²) in [6.07, 6.45) is 0. The van der Waals surface area contributed by atoms with Crippen molar-refractivity contribution in [3.05, 3.63) is 0 Å². The van der Waals surface area contributed by atoms with Gasteiger partial charge in [0.05, 0.1) is 6.07 Å². The van der Waals surface area contributed by atoms with Crippen molar-refractivity contribution in [2.24, 2.45) is 5.92 Å². The van der Waals surface area contributed by atoms with Gasteiger partial charge in [0.25, 0.3) is 0 Å². The van der Waals surface area contributed by atoms with Gasteiger partial charge in [-0.3, -0.25) is 5.32 Å². The quantitative estimate of drug-likeness (QED) is 0.701. The van der Waals surface area contributed by atoms with Gasteiger partial charge in [-0.15, -0.1) is 0 Å². The van der Waals surface area contributed by atoms with Crippen LogP contribution < -0.4 is 5.32 Å². The van der Waals surface area contributed by atoms with Crippen molar-refractivity contribution in [3.8, 4) is 6.07 Å². The zero-order valence-electron chi connectivity index (χ0n) is 10.0. The molecule has 0 aromatic carbocycles. The van der Waals surface area contributed by atoms with Crippen LogP contribution in [0.25, 0.3) is 0 Å². The van der Waals surface area contributed by atoms with E-state index in [9.17, 15) is 0 Å². The standard InChI is InChI=1S/C11H23N3/c1-9(2)7-14(5)8-11(6-12)13-10(3)4/h9-11,13H,7-8H2,1-5H3. The van der Waals surface area contributed by atoms with E-state index in [4.69, 9.17) is 5.26 Å². The highest BCUT2D eigenvalue weighted by atomic mass is 15.1. The summed E-state index contributed by atoms with van der Waals surface area (Å²) in [6.45, 7) is 10.3. The average Bonchev–Trinajstić information content (AvgIpc) is 2.00. The Morgan fingerprint density at radius 1 is 1.21 bits per heavy atom. The molecule has 14 heavy (non-hydrogen) atoms. The van der Waals surface area contributed by atoms with Crippen LogP contribution >= 0.6 is 0 Å². The molecule has 0 aromatic heterocycles. The third kappa shape index (κ3) is 6.88. The molecule has 0 spiro atoms. The zero-order chi connectivity index (χ0) is 11.1. The first kappa shape index (κ1) is 13.4. The summed E-state index contributed by atoms with van der Waals surface area (Å²) in [6, 6.07) is 2.60. The third-order valence-corrected chi connectivity index (χ3v) is 1.86. The van der Waals surface area contributed by atoms with Gasteiger partial charge in [-0.05, 0) is 26.8 Å². The third-order valence-electron chi connectivity index (χ3n) is 1.86. The van der Waals surface area contributed by atoms with Gasteiger partial charge in [0, 0.05) is 19.1 Å². The molecule has 0 aliphatic rings. The molecule has 0 radical (unpaired) electrons. The molecule has 0 fully saturated rings. The Morgan fingerprint density at radius 2 is 1.79 bits per heavy atom. The molecule has 82 valence electrons. The lowest BCUT2D eigenvalue weighted by atomic mass is 10.2. The van der Waals surface area contributed by atoms with E-state index in [-0.39, 0.29) is 6.04 Å². The van der Waals surface area contributed by atoms with Gasteiger partial charge >= 0.3 is 0 Å². The fourth-order valence-electron chi connectivity index (χ4n) is 1.54. The smallest absolute Gasteiger partial charge is 0.108 e. The van der Waals surface area contributed by atoms with Crippen molar-refractivity contribution >= 4 is 0 Å². The SMILES string of the molecule is CC(C)CN(C)CC(C#N)NC(C)C. The van der Waals surface area contributed by atoms with Crippen LogP contribution in [0.3, 0.4) is 0 Å². The van der Waals surface area contributed by atoms with Gasteiger partial charge in [0.15, 0.2) is 0 Å². The second-order valence-corrected chi connectivity index (χ2v) is 4.62. The van der Waals surface area contributed by atoms with Gasteiger partial charge < -0.3 is 4.90 Å². The van der Waals surface area contributed by atoms with Crippen LogP contribution in [0.1, 0.15) is 27.7 Å². The molecule has 3 nitrogen and oxygen atoms in total. The van der Waals surface area contributed by atoms with Crippen LogP contribution in [0.4, 0.5) is 0 Å². The lowest BCUT2D eigenvalue weighted by molar-refractivity contribution is 0.274. The van der Waals surface area contributed by atoms with Crippen LogP contribution in [0.15, 0.2) is 0 Å². The molecule has 3 heteroatoms. The molecule has 0 aliphatic carbocycles. The van der Waals surface area contributed by atoms with Gasteiger partial charge in [0.2, 0.25) is 0 Å². The van der Waals surface area contributed by atoms with Gasteiger partial charge in [-0.1, -0.05) is 13.8 Å². The van der Waals surface area contributed by atoms with Gasteiger partial charge in [0.1, 0.15) is 6.04 Å². The van der Waals surface area contributed by atoms with Crippen molar-refractivity contribution in [1.29, 1.82) is 5.26 Å². The summed E-state index contributed by atoms with van der Waals surface area (Å²) in [5.41, 5.74) is 0. The number of rotatable bonds is 6. The first-order chi connectivity index (χ1) is 6.45. The lowest BCUT2D eigenvalue weighted by Gasteiger charge is -2.23. The maximum absolute atomic E-state index is 8.92. The zero-order valence-corrected chi connectivity index (χ0v) is 10.0. The summed E-state index contributed by atoms with van der Waals surface area (Å²) >= 11 is 0. The molecular weight excluding hydrogens is 174 g/mol. The Labute approximate surface area is 88.1 Å². The molecule has 0 amide bonds. The van der Waals surface area contributed by atoms with E-state index in [1.807, 2.05) is 0 Å². The Hall–Kier alpha value is -0.590. The first-order valence-electron chi connectivity index (χ1n) is 5.30. The molecule has 0 saturated heterocycles. The number of likely N-dealkylation sites (N-methyl/N-ethyl adjacent to an activating group) is 1. The van der Waals surface area contributed by atoms with Gasteiger partial charge in [-0.25, -0.2) is 0 Å². The topological polar surface area (TPSA) is 39.1 Å². The van der Waals surface area contributed by atoms with E-state index in [1.54, 1.807) is 0 Å². The molecule has 0 saturated carbocycles. The van der Waals surface area contributed by atoms with E-state index in [1.165, 1.54) is 0 Å². The highest BCUT2D eigenvalue weighted by Gasteiger charge is 2.11.